The number of ether oxygens (including phenoxy) is 2. The van der Waals surface area contributed by atoms with Crippen LogP contribution < -0.4 is 10.1 Å². The van der Waals surface area contributed by atoms with E-state index >= 15 is 0 Å². The summed E-state index contributed by atoms with van der Waals surface area (Å²) in [5, 5.41) is 3.17. The van der Waals surface area contributed by atoms with Gasteiger partial charge in [0.15, 0.2) is 0 Å². The molecule has 0 aliphatic carbocycles. The number of nitrogens with one attached hydrogen (secondary N) is 1. The van der Waals surface area contributed by atoms with E-state index < -0.39 is 11.7 Å². The molecule has 1 aromatic carbocycles. The summed E-state index contributed by atoms with van der Waals surface area (Å²) < 4.78 is 10.7. The third-order valence-corrected chi connectivity index (χ3v) is 2.27. The first-order chi connectivity index (χ1) is 8.81. The third kappa shape index (κ3) is 5.83. The molecule has 0 fully saturated rings. The Kier molecular flexibility index (Phi) is 5.48. The second-order valence-electron chi connectivity index (χ2n) is 5.12. The Hall–Kier alpha value is -1.42. The molecule has 5 heteroatoms. The van der Waals surface area contributed by atoms with Crippen molar-refractivity contribution in [1.82, 2.24) is 0 Å². The number of benzene rings is 1. The van der Waals surface area contributed by atoms with Crippen molar-refractivity contribution in [2.45, 2.75) is 39.7 Å². The van der Waals surface area contributed by atoms with E-state index in [2.05, 4.69) is 5.32 Å². The van der Waals surface area contributed by atoms with Crippen molar-refractivity contribution in [2.75, 3.05) is 11.9 Å². The van der Waals surface area contributed by atoms with E-state index in [-0.39, 0.29) is 0 Å². The van der Waals surface area contributed by atoms with Crippen molar-refractivity contribution in [3.05, 3.63) is 23.2 Å². The van der Waals surface area contributed by atoms with E-state index in [9.17, 15) is 4.79 Å². The number of hydrogen-bond acceptors (Lipinski definition) is 3. The van der Waals surface area contributed by atoms with Gasteiger partial charge in [-0.05, 0) is 45.4 Å². The quantitative estimate of drug-likeness (QED) is 0.887. The first kappa shape index (κ1) is 15.6. The van der Waals surface area contributed by atoms with Gasteiger partial charge in [0.05, 0.1) is 12.3 Å². The van der Waals surface area contributed by atoms with Gasteiger partial charge in [-0.1, -0.05) is 18.5 Å². The summed E-state index contributed by atoms with van der Waals surface area (Å²) in [5.74, 6) is 0.581. The van der Waals surface area contributed by atoms with Gasteiger partial charge in [-0.25, -0.2) is 4.79 Å². The van der Waals surface area contributed by atoms with Gasteiger partial charge in [0.25, 0.3) is 0 Å². The van der Waals surface area contributed by atoms with Crippen LogP contribution in [0.3, 0.4) is 0 Å². The summed E-state index contributed by atoms with van der Waals surface area (Å²) in [7, 11) is 0. The van der Waals surface area contributed by atoms with Crippen LogP contribution in [-0.2, 0) is 4.74 Å². The molecule has 1 N–H and O–H groups in total. The van der Waals surface area contributed by atoms with Crippen LogP contribution in [0.4, 0.5) is 10.5 Å². The third-order valence-electron chi connectivity index (χ3n) is 2.04. The average molecular weight is 286 g/mol. The number of carbonyl (C=O) groups excluding carboxylic acids is 1. The second kappa shape index (κ2) is 6.66. The molecule has 0 saturated heterocycles. The van der Waals surface area contributed by atoms with Gasteiger partial charge >= 0.3 is 6.09 Å². The molecular weight excluding hydrogens is 266 g/mol. The minimum Gasteiger partial charge on any atom is -0.491 e. The molecule has 0 aromatic heterocycles. The fraction of sp³-hybridized carbons (Fsp3) is 0.500. The molecule has 1 rings (SSSR count). The van der Waals surface area contributed by atoms with Crippen LogP contribution in [0.15, 0.2) is 18.2 Å². The maximum absolute atomic E-state index is 11.7. The van der Waals surface area contributed by atoms with Gasteiger partial charge in [-0.3, -0.25) is 5.32 Å². The summed E-state index contributed by atoms with van der Waals surface area (Å²) in [4.78, 5) is 11.7. The van der Waals surface area contributed by atoms with E-state index in [1.54, 1.807) is 39.0 Å². The summed E-state index contributed by atoms with van der Waals surface area (Å²) in [6.07, 6.45) is 0.352. The maximum Gasteiger partial charge on any atom is 0.412 e. The number of rotatable bonds is 4. The van der Waals surface area contributed by atoms with E-state index in [0.717, 1.165) is 6.42 Å². The van der Waals surface area contributed by atoms with E-state index in [0.29, 0.717) is 23.1 Å². The van der Waals surface area contributed by atoms with Gasteiger partial charge in [0, 0.05) is 5.02 Å². The standard InChI is InChI=1S/C14H20ClNO3/c1-5-8-18-12-7-6-10(15)9-11(12)16-13(17)19-14(2,3)4/h6-7,9H,5,8H2,1-4H3,(H,16,17). The molecule has 1 aromatic rings. The number of hydrogen-bond donors (Lipinski definition) is 1. The van der Waals surface area contributed by atoms with E-state index in [1.165, 1.54) is 0 Å². The Labute approximate surface area is 119 Å². The molecule has 106 valence electrons. The second-order valence-corrected chi connectivity index (χ2v) is 5.55. The van der Waals surface area contributed by atoms with E-state index in [4.69, 9.17) is 21.1 Å². The normalized spacial score (nSPS) is 11.0. The Bertz CT molecular complexity index is 441. The zero-order valence-electron chi connectivity index (χ0n) is 11.7. The Balaban J connectivity index is 2.80. The molecule has 1 amide bonds. The Morgan fingerprint density at radius 1 is 1.37 bits per heavy atom. The molecule has 0 unspecified atom stereocenters. The summed E-state index contributed by atoms with van der Waals surface area (Å²) in [6.45, 7) is 8.00. The molecule has 0 aliphatic rings. The first-order valence-corrected chi connectivity index (χ1v) is 6.62. The highest BCUT2D eigenvalue weighted by Crippen LogP contribution is 2.28. The minimum atomic E-state index is -0.549. The highest BCUT2D eigenvalue weighted by molar-refractivity contribution is 6.31. The number of halogens is 1. The van der Waals surface area contributed by atoms with Crippen LogP contribution in [0, 0.1) is 0 Å². The molecule has 0 spiro atoms. The molecule has 4 nitrogen and oxygen atoms in total. The number of anilines is 1. The predicted molar refractivity (Wildman–Crippen MR) is 77.1 cm³/mol. The van der Waals surface area contributed by atoms with Crippen molar-refractivity contribution in [3.63, 3.8) is 0 Å². The number of amides is 1. The van der Waals surface area contributed by atoms with Gasteiger partial charge in [0.1, 0.15) is 11.4 Å². The fourth-order valence-electron chi connectivity index (χ4n) is 1.35. The van der Waals surface area contributed by atoms with Gasteiger partial charge < -0.3 is 9.47 Å². The van der Waals surface area contributed by atoms with Crippen molar-refractivity contribution in [1.29, 1.82) is 0 Å². The van der Waals surface area contributed by atoms with Gasteiger partial charge in [0.2, 0.25) is 0 Å². The lowest BCUT2D eigenvalue weighted by molar-refractivity contribution is 0.0635. The van der Waals surface area contributed by atoms with Crippen LogP contribution in [0.1, 0.15) is 34.1 Å². The van der Waals surface area contributed by atoms with Crippen molar-refractivity contribution in [3.8, 4) is 5.75 Å². The molecular formula is C14H20ClNO3. The highest BCUT2D eigenvalue weighted by Gasteiger charge is 2.17. The largest absolute Gasteiger partial charge is 0.491 e. The molecule has 0 radical (unpaired) electrons. The smallest absolute Gasteiger partial charge is 0.412 e. The summed E-state index contributed by atoms with van der Waals surface area (Å²) in [5.41, 5.74) is -0.0391. The van der Waals surface area contributed by atoms with Gasteiger partial charge in [-0.15, -0.1) is 0 Å². The van der Waals surface area contributed by atoms with Crippen LogP contribution in [0.25, 0.3) is 0 Å². The average Bonchev–Trinajstić information content (AvgIpc) is 2.25. The lowest BCUT2D eigenvalue weighted by Crippen LogP contribution is -2.27. The maximum atomic E-state index is 11.7. The molecule has 0 aliphatic heterocycles. The molecule has 0 heterocycles. The summed E-state index contributed by atoms with van der Waals surface area (Å²) in [6, 6.07) is 5.08. The lowest BCUT2D eigenvalue weighted by Gasteiger charge is -2.20. The molecule has 19 heavy (non-hydrogen) atoms. The van der Waals surface area contributed by atoms with E-state index in [1.807, 2.05) is 6.92 Å². The monoisotopic (exact) mass is 285 g/mol. The van der Waals surface area contributed by atoms with Crippen molar-refractivity contribution < 1.29 is 14.3 Å². The van der Waals surface area contributed by atoms with Gasteiger partial charge in [-0.2, -0.15) is 0 Å². The van der Waals surface area contributed by atoms with Crippen LogP contribution in [0.5, 0.6) is 5.75 Å². The minimum absolute atomic E-state index is 0.509. The fourth-order valence-corrected chi connectivity index (χ4v) is 1.52. The number of carbonyl (C=O) groups is 1. The van der Waals surface area contributed by atoms with Crippen LogP contribution in [0.2, 0.25) is 5.02 Å². The van der Waals surface area contributed by atoms with Crippen molar-refractivity contribution in [2.24, 2.45) is 0 Å². The zero-order chi connectivity index (χ0) is 14.5. The topological polar surface area (TPSA) is 47.6 Å². The zero-order valence-corrected chi connectivity index (χ0v) is 12.5. The Morgan fingerprint density at radius 3 is 2.63 bits per heavy atom. The first-order valence-electron chi connectivity index (χ1n) is 6.24. The SMILES string of the molecule is CCCOc1ccc(Cl)cc1NC(=O)OC(C)(C)C. The highest BCUT2D eigenvalue weighted by atomic mass is 35.5. The summed E-state index contributed by atoms with van der Waals surface area (Å²) >= 11 is 5.92. The Morgan fingerprint density at radius 2 is 2.05 bits per heavy atom. The predicted octanol–water partition coefficient (Wildman–Crippen LogP) is 4.48. The van der Waals surface area contributed by atoms with Crippen molar-refractivity contribution >= 4 is 23.4 Å². The molecule has 0 saturated carbocycles. The van der Waals surface area contributed by atoms with Crippen LogP contribution >= 0.6 is 11.6 Å². The van der Waals surface area contributed by atoms with Crippen LogP contribution in [-0.4, -0.2) is 18.3 Å². The lowest BCUT2D eigenvalue weighted by atomic mass is 10.2. The molecule has 0 atom stereocenters. The molecule has 0 bridgehead atoms.